The van der Waals surface area contributed by atoms with Gasteiger partial charge in [-0.25, -0.2) is 9.97 Å². The van der Waals surface area contributed by atoms with Crippen LogP contribution in [0, 0.1) is 0 Å². The third-order valence-corrected chi connectivity index (χ3v) is 4.75. The Morgan fingerprint density at radius 1 is 1.31 bits per heavy atom. The highest BCUT2D eigenvalue weighted by Gasteiger charge is 2.26. The summed E-state index contributed by atoms with van der Waals surface area (Å²) in [6, 6.07) is 2.60. The molecular formula is C11H17N3S2. The van der Waals surface area contributed by atoms with E-state index < -0.39 is 0 Å². The van der Waals surface area contributed by atoms with Crippen LogP contribution in [0.2, 0.25) is 0 Å². The lowest BCUT2D eigenvalue weighted by atomic mass is 10.2. The minimum Gasteiger partial charge on any atom is -0.366 e. The van der Waals surface area contributed by atoms with E-state index in [9.17, 15) is 0 Å². The molecule has 0 bridgehead atoms. The van der Waals surface area contributed by atoms with Gasteiger partial charge in [0.1, 0.15) is 17.2 Å². The molecule has 0 spiro atoms. The average Bonchev–Trinajstić information content (AvgIpc) is 2.76. The molecule has 0 amide bonds. The third-order valence-electron chi connectivity index (χ3n) is 2.94. The number of aromatic nitrogens is 2. The summed E-state index contributed by atoms with van der Waals surface area (Å²) in [4.78, 5) is 8.45. The highest BCUT2D eigenvalue weighted by molar-refractivity contribution is 7.99. The number of nitrogens with zero attached hydrogens (tertiary/aromatic N) is 2. The smallest absolute Gasteiger partial charge is 0.130 e. The molecule has 0 aromatic carbocycles. The predicted octanol–water partition coefficient (Wildman–Crippen LogP) is 2.89. The molecule has 0 saturated heterocycles. The molecule has 1 heterocycles. The molecule has 3 nitrogen and oxygen atoms in total. The zero-order valence-electron chi connectivity index (χ0n) is 9.64. The van der Waals surface area contributed by atoms with Gasteiger partial charge in [-0.2, -0.15) is 11.8 Å². The van der Waals surface area contributed by atoms with E-state index in [1.165, 1.54) is 19.3 Å². The summed E-state index contributed by atoms with van der Waals surface area (Å²) in [5, 5.41) is 5.28. The molecule has 1 aromatic rings. The summed E-state index contributed by atoms with van der Waals surface area (Å²) in [7, 11) is 0. The molecule has 1 aliphatic carbocycles. The van der Waals surface area contributed by atoms with Crippen LogP contribution in [-0.4, -0.2) is 33.8 Å². The van der Waals surface area contributed by atoms with Crippen LogP contribution in [0.1, 0.15) is 19.3 Å². The van der Waals surface area contributed by atoms with Crippen molar-refractivity contribution in [3.05, 3.63) is 12.4 Å². The van der Waals surface area contributed by atoms with Crippen LogP contribution >= 0.6 is 23.5 Å². The van der Waals surface area contributed by atoms with E-state index in [-0.39, 0.29) is 0 Å². The van der Waals surface area contributed by atoms with E-state index in [1.54, 1.807) is 18.1 Å². The van der Waals surface area contributed by atoms with Crippen molar-refractivity contribution in [2.24, 2.45) is 0 Å². The maximum atomic E-state index is 4.27. The zero-order chi connectivity index (χ0) is 11.4. The molecule has 0 radical (unpaired) electrons. The lowest BCUT2D eigenvalue weighted by molar-refractivity contribution is 0.761. The maximum Gasteiger partial charge on any atom is 0.130 e. The standard InChI is InChI=1S/C11H17N3S2/c1-15-9-5-3-4-8(9)14-10-6-11(16-2)13-7-12-10/h6-9H,3-5H2,1-2H3,(H,12,13,14). The van der Waals surface area contributed by atoms with Gasteiger partial charge in [0.15, 0.2) is 0 Å². The first-order valence-corrected chi connectivity index (χ1v) is 8.00. The molecule has 1 saturated carbocycles. The molecular weight excluding hydrogens is 238 g/mol. The Kier molecular flexibility index (Phi) is 4.35. The van der Waals surface area contributed by atoms with Gasteiger partial charge >= 0.3 is 0 Å². The van der Waals surface area contributed by atoms with Crippen molar-refractivity contribution in [3.8, 4) is 0 Å². The van der Waals surface area contributed by atoms with Crippen LogP contribution in [-0.2, 0) is 0 Å². The minimum absolute atomic E-state index is 0.569. The molecule has 5 heteroatoms. The van der Waals surface area contributed by atoms with Gasteiger partial charge in [-0.1, -0.05) is 6.42 Å². The Bertz CT molecular complexity index is 346. The molecule has 1 N–H and O–H groups in total. The van der Waals surface area contributed by atoms with Gasteiger partial charge in [0.05, 0.1) is 0 Å². The first kappa shape index (κ1) is 12.0. The van der Waals surface area contributed by atoms with Gasteiger partial charge in [0, 0.05) is 17.4 Å². The molecule has 1 aliphatic rings. The van der Waals surface area contributed by atoms with Crippen molar-refractivity contribution in [3.63, 3.8) is 0 Å². The molecule has 16 heavy (non-hydrogen) atoms. The van der Waals surface area contributed by atoms with Crippen LogP contribution in [0.4, 0.5) is 5.82 Å². The van der Waals surface area contributed by atoms with Crippen molar-refractivity contribution >= 4 is 29.3 Å². The molecule has 2 unspecified atom stereocenters. The van der Waals surface area contributed by atoms with E-state index in [4.69, 9.17) is 0 Å². The summed E-state index contributed by atoms with van der Waals surface area (Å²) >= 11 is 3.61. The average molecular weight is 255 g/mol. The monoisotopic (exact) mass is 255 g/mol. The molecule has 0 aliphatic heterocycles. The lowest BCUT2D eigenvalue weighted by Gasteiger charge is -2.19. The summed E-state index contributed by atoms with van der Waals surface area (Å²) in [5.74, 6) is 0.963. The Balaban J connectivity index is 2.02. The fraction of sp³-hybridized carbons (Fsp3) is 0.636. The fourth-order valence-electron chi connectivity index (χ4n) is 2.09. The molecule has 2 rings (SSSR count). The number of nitrogens with one attached hydrogen (secondary N) is 1. The van der Waals surface area contributed by atoms with Crippen LogP contribution in [0.5, 0.6) is 0 Å². The van der Waals surface area contributed by atoms with Gasteiger partial charge < -0.3 is 5.32 Å². The SMILES string of the molecule is CSc1cc(NC2CCCC2SC)ncn1. The van der Waals surface area contributed by atoms with Gasteiger partial charge in [0.2, 0.25) is 0 Å². The summed E-state index contributed by atoms with van der Waals surface area (Å²) < 4.78 is 0. The Morgan fingerprint density at radius 3 is 2.94 bits per heavy atom. The Morgan fingerprint density at radius 2 is 2.19 bits per heavy atom. The lowest BCUT2D eigenvalue weighted by Crippen LogP contribution is -2.26. The highest BCUT2D eigenvalue weighted by Crippen LogP contribution is 2.30. The summed E-state index contributed by atoms with van der Waals surface area (Å²) in [6.07, 6.45) is 9.76. The largest absolute Gasteiger partial charge is 0.366 e. The quantitative estimate of drug-likeness (QED) is 0.661. The highest BCUT2D eigenvalue weighted by atomic mass is 32.2. The normalized spacial score (nSPS) is 24.6. The van der Waals surface area contributed by atoms with Crippen molar-refractivity contribution < 1.29 is 0 Å². The number of anilines is 1. The van der Waals surface area contributed by atoms with E-state index in [0.29, 0.717) is 6.04 Å². The number of thioether (sulfide) groups is 2. The van der Waals surface area contributed by atoms with Crippen molar-refractivity contribution in [2.75, 3.05) is 17.8 Å². The van der Waals surface area contributed by atoms with E-state index in [1.807, 2.05) is 24.1 Å². The van der Waals surface area contributed by atoms with Crippen molar-refractivity contribution in [2.45, 2.75) is 35.6 Å². The van der Waals surface area contributed by atoms with E-state index >= 15 is 0 Å². The fourth-order valence-corrected chi connectivity index (χ4v) is 3.41. The van der Waals surface area contributed by atoms with Gasteiger partial charge in [-0.05, 0) is 25.4 Å². The first-order chi connectivity index (χ1) is 7.83. The minimum atomic E-state index is 0.569. The maximum absolute atomic E-state index is 4.27. The van der Waals surface area contributed by atoms with Gasteiger partial charge in [0.25, 0.3) is 0 Å². The second kappa shape index (κ2) is 5.77. The zero-order valence-corrected chi connectivity index (χ0v) is 11.3. The molecule has 88 valence electrons. The summed E-state index contributed by atoms with van der Waals surface area (Å²) in [6.45, 7) is 0. The van der Waals surface area contributed by atoms with E-state index in [2.05, 4.69) is 21.5 Å². The third kappa shape index (κ3) is 2.83. The predicted molar refractivity (Wildman–Crippen MR) is 72.4 cm³/mol. The number of hydrogen-bond acceptors (Lipinski definition) is 5. The van der Waals surface area contributed by atoms with Crippen LogP contribution in [0.25, 0.3) is 0 Å². The van der Waals surface area contributed by atoms with Crippen LogP contribution < -0.4 is 5.32 Å². The van der Waals surface area contributed by atoms with Gasteiger partial charge in [-0.15, -0.1) is 11.8 Å². The summed E-state index contributed by atoms with van der Waals surface area (Å²) in [5.41, 5.74) is 0. The Hall–Kier alpha value is -0.420. The topological polar surface area (TPSA) is 37.8 Å². The molecule has 2 atom stereocenters. The van der Waals surface area contributed by atoms with Crippen LogP contribution in [0.15, 0.2) is 17.4 Å². The second-order valence-corrected chi connectivity index (χ2v) is 5.80. The van der Waals surface area contributed by atoms with Crippen molar-refractivity contribution in [1.29, 1.82) is 0 Å². The molecule has 1 aromatic heterocycles. The Labute approximate surface area is 105 Å². The van der Waals surface area contributed by atoms with Gasteiger partial charge in [-0.3, -0.25) is 0 Å². The number of rotatable bonds is 4. The van der Waals surface area contributed by atoms with Crippen molar-refractivity contribution in [1.82, 2.24) is 9.97 Å². The van der Waals surface area contributed by atoms with Crippen LogP contribution in [0.3, 0.4) is 0 Å². The molecule has 1 fully saturated rings. The van der Waals surface area contributed by atoms with E-state index in [0.717, 1.165) is 16.1 Å². The first-order valence-electron chi connectivity index (χ1n) is 5.49. The number of hydrogen-bond donors (Lipinski definition) is 1. The second-order valence-electron chi connectivity index (χ2n) is 3.90.